The van der Waals surface area contributed by atoms with Crippen LogP contribution in [0.3, 0.4) is 0 Å². The molecule has 3 aromatic heterocycles. The number of nitro benzene ring substituents is 1. The number of fused-ring (bicyclic) bond motifs is 8. The zero-order valence-electron chi connectivity index (χ0n) is 17.7. The molecule has 8 heteroatoms. The monoisotopic (exact) mass is 491 g/mol. The molecule has 0 saturated heterocycles. The number of aromatic amines is 2. The average Bonchev–Trinajstić information content (AvgIpc) is 3.60. The Balaban J connectivity index is 0.000000204. The van der Waals surface area contributed by atoms with Gasteiger partial charge >= 0.3 is 65.2 Å². The van der Waals surface area contributed by atoms with Crippen molar-refractivity contribution in [3.63, 3.8) is 0 Å². The van der Waals surface area contributed by atoms with Gasteiger partial charge < -0.3 is 9.97 Å². The van der Waals surface area contributed by atoms with E-state index in [4.69, 9.17) is 0 Å². The third-order valence-corrected chi connectivity index (χ3v) is 5.41. The van der Waals surface area contributed by atoms with Gasteiger partial charge in [-0.3, -0.25) is 0 Å². The average molecular weight is 491 g/mol. The van der Waals surface area contributed by atoms with Crippen molar-refractivity contribution in [1.82, 2.24) is 19.9 Å². The normalized spacial score (nSPS) is 11.7. The van der Waals surface area contributed by atoms with Gasteiger partial charge in [0.05, 0.1) is 22.8 Å². The van der Waals surface area contributed by atoms with Gasteiger partial charge in [-0.2, -0.15) is 0 Å². The molecule has 0 saturated carbocycles. The van der Waals surface area contributed by atoms with Gasteiger partial charge in [0.15, 0.2) is 0 Å². The number of nitro groups is 1. The molecule has 2 aliphatic heterocycles. The van der Waals surface area contributed by atoms with Crippen molar-refractivity contribution in [2.45, 2.75) is 0 Å². The summed E-state index contributed by atoms with van der Waals surface area (Å²) in [5.74, 6) is 0. The molecule has 1 aromatic carbocycles. The Morgan fingerprint density at radius 2 is 0.971 bits per heavy atom. The second-order valence-electron chi connectivity index (χ2n) is 7.61. The van der Waals surface area contributed by atoms with Crippen LogP contribution in [0, 0.1) is 10.1 Å². The number of H-pyrrole nitrogens is 2. The molecular weight excluding hydrogens is 473 g/mol. The van der Waals surface area contributed by atoms with Crippen molar-refractivity contribution in [3.8, 4) is 0 Å². The van der Waals surface area contributed by atoms with E-state index in [1.54, 1.807) is 12.1 Å². The predicted octanol–water partition coefficient (Wildman–Crippen LogP) is 5.42. The van der Waals surface area contributed by atoms with Crippen LogP contribution in [-0.2, 0) is 15.7 Å². The molecule has 7 nitrogen and oxygen atoms in total. The fraction of sp³-hybridized carbons (Fsp3) is 0. The SMILES string of the molecule is C1=Cc2cc3ccc(cc4nc(cc5ccc(cc1n2)[nH]5)C=C4)[nH]3.O=[N+]([O-])c1cc[c]([Co])cc1. The molecule has 0 radical (unpaired) electrons. The van der Waals surface area contributed by atoms with E-state index in [1.165, 1.54) is 12.1 Å². The van der Waals surface area contributed by atoms with Crippen molar-refractivity contribution >= 4 is 56.6 Å². The topological polar surface area (TPSA) is 101 Å². The second-order valence-corrected chi connectivity index (χ2v) is 8.21. The molecule has 5 heterocycles. The van der Waals surface area contributed by atoms with E-state index in [2.05, 4.69) is 59.9 Å². The van der Waals surface area contributed by atoms with Crippen LogP contribution in [0.25, 0.3) is 46.4 Å². The van der Waals surface area contributed by atoms with Gasteiger partial charge in [0.2, 0.25) is 0 Å². The Kier molecular flexibility index (Phi) is 5.90. The van der Waals surface area contributed by atoms with Crippen molar-refractivity contribution in [2.75, 3.05) is 0 Å². The molecule has 34 heavy (non-hydrogen) atoms. The van der Waals surface area contributed by atoms with E-state index < -0.39 is 4.92 Å². The molecule has 0 unspecified atom stereocenters. The first-order chi connectivity index (χ1) is 16.5. The standard InChI is InChI=1S/C20H14N4.C6H4NO2.Co/c1-2-14-10-16-5-6-18(23-16)12-20-8-7-19(24-20)11-17-4-3-15(22-17)9-13(1)21-14;8-7(9)6-4-2-1-3-5-6;/h1-12,21,24H;2-5H;. The van der Waals surface area contributed by atoms with Crippen molar-refractivity contribution in [2.24, 2.45) is 0 Å². The zero-order chi connectivity index (χ0) is 23.5. The van der Waals surface area contributed by atoms with Gasteiger partial charge in [-0.15, -0.1) is 0 Å². The fourth-order valence-electron chi connectivity index (χ4n) is 3.50. The van der Waals surface area contributed by atoms with Gasteiger partial charge in [-0.1, -0.05) is 0 Å². The Morgan fingerprint density at radius 3 is 1.29 bits per heavy atom. The zero-order valence-corrected chi connectivity index (χ0v) is 18.8. The van der Waals surface area contributed by atoms with Gasteiger partial charge in [0.25, 0.3) is 0 Å². The Morgan fingerprint density at radius 1 is 0.618 bits per heavy atom. The van der Waals surface area contributed by atoms with Crippen LogP contribution >= 0.6 is 0 Å². The Labute approximate surface area is 202 Å². The van der Waals surface area contributed by atoms with Crippen LogP contribution in [0.15, 0.2) is 72.8 Å². The molecule has 0 spiro atoms. The molecular formula is C26H18CoN5O2. The molecule has 2 N–H and O–H groups in total. The number of hydrogen-bond donors (Lipinski definition) is 2. The maximum atomic E-state index is 10.1. The molecule has 0 atom stereocenters. The quantitative estimate of drug-likeness (QED) is 0.237. The van der Waals surface area contributed by atoms with Crippen molar-refractivity contribution in [3.05, 3.63) is 106 Å². The van der Waals surface area contributed by atoms with E-state index in [0.29, 0.717) is 0 Å². The van der Waals surface area contributed by atoms with E-state index in [0.717, 1.165) is 49.3 Å². The molecule has 168 valence electrons. The van der Waals surface area contributed by atoms with E-state index in [1.807, 2.05) is 48.6 Å². The first kappa shape index (κ1) is 21.6. The number of benzene rings is 1. The second kappa shape index (κ2) is 9.30. The number of nitrogens with zero attached hydrogens (tertiary/aromatic N) is 3. The summed E-state index contributed by atoms with van der Waals surface area (Å²) >= 11 is 4.02. The molecule has 0 aliphatic carbocycles. The van der Waals surface area contributed by atoms with Crippen molar-refractivity contribution < 1.29 is 20.7 Å². The van der Waals surface area contributed by atoms with Crippen LogP contribution in [0.4, 0.5) is 5.69 Å². The summed E-state index contributed by atoms with van der Waals surface area (Å²) in [5.41, 5.74) is 7.95. The third kappa shape index (κ3) is 5.20. The number of rotatable bonds is 1. The van der Waals surface area contributed by atoms with Gasteiger partial charge in [-0.25, -0.2) is 9.97 Å². The molecule has 8 bridgehead atoms. The van der Waals surface area contributed by atoms with Crippen LogP contribution in [0.5, 0.6) is 0 Å². The fourth-order valence-corrected chi connectivity index (χ4v) is 3.67. The van der Waals surface area contributed by atoms with Gasteiger partial charge in [-0.05, 0) is 72.8 Å². The minimum atomic E-state index is -0.438. The first-order valence-electron chi connectivity index (χ1n) is 10.4. The Bertz CT molecular complexity index is 1420. The summed E-state index contributed by atoms with van der Waals surface area (Å²) < 4.78 is 0.720. The number of non-ortho nitro benzene ring substituents is 1. The van der Waals surface area contributed by atoms with E-state index >= 15 is 0 Å². The van der Waals surface area contributed by atoms with E-state index in [-0.39, 0.29) is 5.69 Å². The third-order valence-electron chi connectivity index (χ3n) is 5.06. The summed E-state index contributed by atoms with van der Waals surface area (Å²) in [6, 6.07) is 22.4. The van der Waals surface area contributed by atoms with Crippen LogP contribution in [0.1, 0.15) is 22.8 Å². The van der Waals surface area contributed by atoms with Crippen LogP contribution in [-0.4, -0.2) is 24.9 Å². The molecule has 0 fully saturated rings. The van der Waals surface area contributed by atoms with E-state index in [9.17, 15) is 10.1 Å². The van der Waals surface area contributed by atoms with Crippen molar-refractivity contribution in [1.29, 1.82) is 0 Å². The number of nitrogens with one attached hydrogen (secondary N) is 2. The maximum absolute atomic E-state index is 10.1. The molecule has 0 amide bonds. The molecule has 4 aromatic rings. The summed E-state index contributed by atoms with van der Waals surface area (Å²) in [6.07, 6.45) is 8.09. The summed E-state index contributed by atoms with van der Waals surface area (Å²) in [7, 11) is 0. The summed E-state index contributed by atoms with van der Waals surface area (Å²) in [5, 5.41) is 10.1. The Hall–Kier alpha value is -4.27. The minimum absolute atomic E-state index is 0.0941. The van der Waals surface area contributed by atoms with Crippen LogP contribution in [0.2, 0.25) is 0 Å². The predicted molar refractivity (Wildman–Crippen MR) is 132 cm³/mol. The van der Waals surface area contributed by atoms with Gasteiger partial charge in [0.1, 0.15) is 0 Å². The summed E-state index contributed by atoms with van der Waals surface area (Å²) in [4.78, 5) is 25.7. The van der Waals surface area contributed by atoms with Crippen LogP contribution < -0.4 is 4.50 Å². The first-order valence-corrected chi connectivity index (χ1v) is 10.9. The number of aromatic nitrogens is 4. The number of hydrogen-bond acceptors (Lipinski definition) is 4. The van der Waals surface area contributed by atoms with Gasteiger partial charge in [0, 0.05) is 22.1 Å². The molecule has 2 aliphatic rings. The molecule has 6 rings (SSSR count). The summed E-state index contributed by atoms with van der Waals surface area (Å²) in [6.45, 7) is 0.